The number of benzene rings is 1. The van der Waals surface area contributed by atoms with Crippen LogP contribution in [0.15, 0.2) is 24.3 Å². The maximum atomic E-state index is 12.8. The third kappa shape index (κ3) is 3.97. The first-order valence-corrected chi connectivity index (χ1v) is 8.89. The highest BCUT2D eigenvalue weighted by molar-refractivity contribution is 5.90. The van der Waals surface area contributed by atoms with Gasteiger partial charge in [0.1, 0.15) is 5.60 Å². The van der Waals surface area contributed by atoms with Crippen LogP contribution in [-0.2, 0) is 9.47 Å². The lowest BCUT2D eigenvalue weighted by Gasteiger charge is -2.45. The van der Waals surface area contributed by atoms with Crippen LogP contribution in [0.25, 0.3) is 0 Å². The topological polar surface area (TPSA) is 62.2 Å². The monoisotopic (exact) mass is 348 g/mol. The van der Waals surface area contributed by atoms with Crippen molar-refractivity contribution in [3.63, 3.8) is 0 Å². The van der Waals surface area contributed by atoms with Gasteiger partial charge in [0.15, 0.2) is 0 Å². The number of rotatable bonds is 1. The van der Waals surface area contributed by atoms with Crippen molar-refractivity contribution < 1.29 is 19.4 Å². The molecule has 1 fully saturated rings. The first-order valence-electron chi connectivity index (χ1n) is 8.89. The number of fused-ring (bicyclic) bond motifs is 1. The molecule has 6 heteroatoms. The Hall–Kier alpha value is -1.63. The summed E-state index contributed by atoms with van der Waals surface area (Å²) in [7, 11) is 0. The first kappa shape index (κ1) is 18.2. The number of nitrogens with zero attached hydrogens (tertiary/aromatic N) is 2. The predicted octanol–water partition coefficient (Wildman–Crippen LogP) is 2.56. The van der Waals surface area contributed by atoms with E-state index in [4.69, 9.17) is 9.47 Å². The number of hydrogen-bond donors (Lipinski definition) is 1. The molecule has 6 nitrogen and oxygen atoms in total. The van der Waals surface area contributed by atoms with E-state index in [1.54, 1.807) is 4.90 Å². The molecule has 0 aromatic heterocycles. The quantitative estimate of drug-likeness (QED) is 0.845. The zero-order valence-electron chi connectivity index (χ0n) is 15.4. The fraction of sp³-hybridized carbons (Fsp3) is 0.632. The van der Waals surface area contributed by atoms with Gasteiger partial charge in [-0.2, -0.15) is 0 Å². The van der Waals surface area contributed by atoms with E-state index in [1.165, 1.54) is 0 Å². The van der Waals surface area contributed by atoms with E-state index in [0.29, 0.717) is 13.2 Å². The van der Waals surface area contributed by atoms with Gasteiger partial charge in [0.2, 0.25) is 0 Å². The molecular weight excluding hydrogens is 320 g/mol. The van der Waals surface area contributed by atoms with E-state index in [1.807, 2.05) is 52.0 Å². The molecular formula is C19H28N2O4. The molecule has 0 bridgehead atoms. The smallest absolute Gasteiger partial charge is 0.414 e. The molecule has 1 N–H and O–H groups in total. The van der Waals surface area contributed by atoms with Gasteiger partial charge >= 0.3 is 6.09 Å². The van der Waals surface area contributed by atoms with Gasteiger partial charge in [-0.1, -0.05) is 18.2 Å². The van der Waals surface area contributed by atoms with Gasteiger partial charge < -0.3 is 14.6 Å². The number of hydrogen-bond acceptors (Lipinski definition) is 5. The fourth-order valence-electron chi connectivity index (χ4n) is 3.53. The first-order chi connectivity index (χ1) is 11.8. The number of anilines is 1. The van der Waals surface area contributed by atoms with Crippen LogP contribution in [0.3, 0.4) is 0 Å². The molecule has 2 heterocycles. The molecule has 1 amide bonds. The molecule has 1 saturated heterocycles. The summed E-state index contributed by atoms with van der Waals surface area (Å²) < 4.78 is 11.2. The Morgan fingerprint density at radius 1 is 1.28 bits per heavy atom. The van der Waals surface area contributed by atoms with Crippen molar-refractivity contribution in [2.24, 2.45) is 0 Å². The number of carbonyl (C=O) groups excluding carboxylic acids is 1. The van der Waals surface area contributed by atoms with Crippen molar-refractivity contribution in [3.8, 4) is 0 Å². The second kappa shape index (κ2) is 6.94. The molecule has 0 aliphatic carbocycles. The summed E-state index contributed by atoms with van der Waals surface area (Å²) in [6, 6.07) is 7.34. The molecule has 2 aliphatic rings. The lowest BCUT2D eigenvalue weighted by molar-refractivity contribution is -0.0582. The standard InChI is InChI=1S/C19H28N2O4/c1-13-11-20(9-10-24-13)16-12-21(18(23)25-19(2,3)4)15-8-6-5-7-14(15)17(16)22/h5-8,13,16-17,22H,9-12H2,1-4H3. The average molecular weight is 348 g/mol. The highest BCUT2D eigenvalue weighted by Crippen LogP contribution is 2.37. The predicted molar refractivity (Wildman–Crippen MR) is 95.8 cm³/mol. The van der Waals surface area contributed by atoms with Crippen molar-refractivity contribution in [2.75, 3.05) is 31.1 Å². The lowest BCUT2D eigenvalue weighted by atomic mass is 9.93. The van der Waals surface area contributed by atoms with Crippen LogP contribution in [0.1, 0.15) is 39.4 Å². The van der Waals surface area contributed by atoms with E-state index >= 15 is 0 Å². The second-order valence-corrected chi connectivity index (χ2v) is 7.84. The minimum absolute atomic E-state index is 0.119. The highest BCUT2D eigenvalue weighted by atomic mass is 16.6. The third-order valence-electron chi connectivity index (χ3n) is 4.64. The normalized spacial score (nSPS) is 27.7. The SMILES string of the molecule is CC1CN(C2CN(C(=O)OC(C)(C)C)c3ccccc3C2O)CCO1. The third-order valence-corrected chi connectivity index (χ3v) is 4.64. The van der Waals surface area contributed by atoms with Gasteiger partial charge in [-0.05, 0) is 33.8 Å². The van der Waals surface area contributed by atoms with Crippen molar-refractivity contribution in [3.05, 3.63) is 29.8 Å². The van der Waals surface area contributed by atoms with E-state index in [9.17, 15) is 9.90 Å². The van der Waals surface area contributed by atoms with Crippen LogP contribution >= 0.6 is 0 Å². The molecule has 0 spiro atoms. The Kier molecular flexibility index (Phi) is 5.04. The van der Waals surface area contributed by atoms with Gasteiger partial charge in [-0.25, -0.2) is 4.79 Å². The van der Waals surface area contributed by atoms with E-state index in [0.717, 1.165) is 24.3 Å². The van der Waals surface area contributed by atoms with Crippen LogP contribution in [0, 0.1) is 0 Å². The summed E-state index contributed by atoms with van der Waals surface area (Å²) in [5.41, 5.74) is 0.927. The van der Waals surface area contributed by atoms with Crippen molar-refractivity contribution in [1.29, 1.82) is 0 Å². The van der Waals surface area contributed by atoms with Gasteiger partial charge in [0, 0.05) is 25.2 Å². The number of morpholine rings is 1. The van der Waals surface area contributed by atoms with Crippen molar-refractivity contribution >= 4 is 11.8 Å². The summed E-state index contributed by atoms with van der Waals surface area (Å²) in [5, 5.41) is 10.9. The maximum absolute atomic E-state index is 12.8. The number of aliphatic hydroxyl groups excluding tert-OH is 1. The van der Waals surface area contributed by atoms with Crippen LogP contribution in [-0.4, -0.2) is 60.1 Å². The minimum atomic E-state index is -0.639. The molecule has 1 aromatic rings. The Bertz CT molecular complexity index is 628. The van der Waals surface area contributed by atoms with Gasteiger partial charge in [-0.15, -0.1) is 0 Å². The van der Waals surface area contributed by atoms with Crippen LogP contribution < -0.4 is 4.90 Å². The molecule has 0 saturated carbocycles. The van der Waals surface area contributed by atoms with Crippen molar-refractivity contribution in [1.82, 2.24) is 4.90 Å². The number of amides is 1. The number of carbonyl (C=O) groups is 1. The summed E-state index contributed by atoms with van der Waals surface area (Å²) in [4.78, 5) is 16.6. The van der Waals surface area contributed by atoms with Gasteiger partial charge in [-0.3, -0.25) is 9.80 Å². The Balaban J connectivity index is 1.90. The van der Waals surface area contributed by atoms with Crippen LogP contribution in [0.4, 0.5) is 10.5 Å². The van der Waals surface area contributed by atoms with E-state index < -0.39 is 11.7 Å². The molecule has 3 rings (SSSR count). The fourth-order valence-corrected chi connectivity index (χ4v) is 3.53. The number of para-hydroxylation sites is 1. The molecule has 138 valence electrons. The zero-order valence-corrected chi connectivity index (χ0v) is 15.4. The highest BCUT2D eigenvalue weighted by Gasteiger charge is 2.40. The van der Waals surface area contributed by atoms with Crippen LogP contribution in [0.2, 0.25) is 0 Å². The summed E-state index contributed by atoms with van der Waals surface area (Å²) in [5.74, 6) is 0. The number of ether oxygens (including phenoxy) is 2. The van der Waals surface area contributed by atoms with E-state index in [-0.39, 0.29) is 18.2 Å². The van der Waals surface area contributed by atoms with Crippen LogP contribution in [0.5, 0.6) is 0 Å². The zero-order chi connectivity index (χ0) is 18.2. The average Bonchev–Trinajstić information content (AvgIpc) is 2.53. The minimum Gasteiger partial charge on any atom is -0.443 e. The van der Waals surface area contributed by atoms with E-state index in [2.05, 4.69) is 4.90 Å². The molecule has 2 aliphatic heterocycles. The second-order valence-electron chi connectivity index (χ2n) is 7.84. The summed E-state index contributed by atoms with van der Waals surface area (Å²) in [6.45, 7) is 10.1. The Labute approximate surface area is 149 Å². The maximum Gasteiger partial charge on any atom is 0.414 e. The summed E-state index contributed by atoms with van der Waals surface area (Å²) >= 11 is 0. The molecule has 25 heavy (non-hydrogen) atoms. The summed E-state index contributed by atoms with van der Waals surface area (Å²) in [6.07, 6.45) is -0.897. The van der Waals surface area contributed by atoms with Crippen molar-refractivity contribution in [2.45, 2.75) is 51.5 Å². The molecule has 1 aromatic carbocycles. The van der Waals surface area contributed by atoms with Gasteiger partial charge in [0.25, 0.3) is 0 Å². The Morgan fingerprint density at radius 2 is 2.00 bits per heavy atom. The largest absolute Gasteiger partial charge is 0.443 e. The number of aliphatic hydroxyl groups is 1. The van der Waals surface area contributed by atoms with Gasteiger partial charge in [0.05, 0.1) is 30.5 Å². The molecule has 0 radical (unpaired) electrons. The molecule has 3 atom stereocenters. The lowest BCUT2D eigenvalue weighted by Crippen LogP contribution is -2.56. The Morgan fingerprint density at radius 3 is 2.68 bits per heavy atom. The molecule has 3 unspecified atom stereocenters.